The van der Waals surface area contributed by atoms with Gasteiger partial charge in [-0.2, -0.15) is 13.2 Å². The maximum atomic E-state index is 14.3. The lowest BCUT2D eigenvalue weighted by Gasteiger charge is -2.32. The monoisotopic (exact) mass is 320 g/mol. The molecule has 2 rings (SSSR count). The average Bonchev–Trinajstić information content (AvgIpc) is 2.57. The first-order chi connectivity index (χ1) is 9.89. The lowest BCUT2D eigenvalue weighted by molar-refractivity contribution is -0.140. The van der Waals surface area contributed by atoms with Crippen molar-refractivity contribution in [1.29, 1.82) is 0 Å². The van der Waals surface area contributed by atoms with Gasteiger partial charge in [-0.25, -0.2) is 4.39 Å². The maximum absolute atomic E-state index is 14.3. The molecule has 22 heavy (non-hydrogen) atoms. The first-order valence-electron chi connectivity index (χ1n) is 6.69. The summed E-state index contributed by atoms with van der Waals surface area (Å²) in [6, 6.07) is 1.77. The van der Waals surface area contributed by atoms with Crippen LogP contribution in [0.2, 0.25) is 0 Å². The van der Waals surface area contributed by atoms with Gasteiger partial charge < -0.3 is 14.0 Å². The van der Waals surface area contributed by atoms with E-state index in [4.69, 9.17) is 14.0 Å². The Morgan fingerprint density at radius 2 is 1.55 bits per heavy atom. The van der Waals surface area contributed by atoms with Gasteiger partial charge >= 0.3 is 13.3 Å². The molecular formula is C14H17BF4O3. The number of alkyl halides is 3. The Labute approximate surface area is 126 Å². The highest BCUT2D eigenvalue weighted by Crippen LogP contribution is 2.38. The second-order valence-electron chi connectivity index (χ2n) is 6.16. The van der Waals surface area contributed by atoms with Gasteiger partial charge in [-0.3, -0.25) is 0 Å². The van der Waals surface area contributed by atoms with Crippen molar-refractivity contribution >= 4 is 12.6 Å². The fraction of sp³-hybridized carbons (Fsp3) is 0.571. The summed E-state index contributed by atoms with van der Waals surface area (Å²) in [5, 5.41) is 0. The first kappa shape index (κ1) is 17.1. The molecule has 1 aliphatic heterocycles. The smallest absolute Gasteiger partial charge is 0.497 e. The van der Waals surface area contributed by atoms with E-state index in [1.807, 2.05) is 0 Å². The maximum Gasteiger partial charge on any atom is 0.498 e. The lowest BCUT2D eigenvalue weighted by Crippen LogP contribution is -2.41. The van der Waals surface area contributed by atoms with Crippen LogP contribution in [0.1, 0.15) is 33.3 Å². The molecule has 0 unspecified atom stereocenters. The standard InChI is InChI=1S/C14H17BF4O3/c1-12(2)13(3,4)22-15(21-12)10-7-8(20-5)6-9(11(10)16)14(17,18)19/h6-7H,1-5H3. The van der Waals surface area contributed by atoms with Crippen molar-refractivity contribution in [2.45, 2.75) is 45.1 Å². The molecule has 0 saturated carbocycles. The van der Waals surface area contributed by atoms with Crippen molar-refractivity contribution in [1.82, 2.24) is 0 Å². The highest BCUT2D eigenvalue weighted by atomic mass is 19.4. The van der Waals surface area contributed by atoms with Gasteiger partial charge in [0.1, 0.15) is 11.6 Å². The fourth-order valence-corrected chi connectivity index (χ4v) is 2.09. The molecule has 0 spiro atoms. The molecule has 1 aromatic carbocycles. The Morgan fingerprint density at radius 1 is 1.05 bits per heavy atom. The van der Waals surface area contributed by atoms with E-state index in [0.717, 1.165) is 6.07 Å². The zero-order chi connectivity index (χ0) is 16.9. The lowest BCUT2D eigenvalue weighted by atomic mass is 9.77. The summed E-state index contributed by atoms with van der Waals surface area (Å²) in [6.07, 6.45) is -4.84. The van der Waals surface area contributed by atoms with E-state index < -0.39 is 35.9 Å². The van der Waals surface area contributed by atoms with E-state index in [0.29, 0.717) is 6.07 Å². The van der Waals surface area contributed by atoms with Crippen LogP contribution in [0, 0.1) is 5.82 Å². The van der Waals surface area contributed by atoms with Gasteiger partial charge in [0.2, 0.25) is 0 Å². The molecule has 0 N–H and O–H groups in total. The minimum absolute atomic E-state index is 0.113. The van der Waals surface area contributed by atoms with Crippen LogP contribution in [0.25, 0.3) is 0 Å². The van der Waals surface area contributed by atoms with Gasteiger partial charge in [0, 0.05) is 5.46 Å². The normalized spacial score (nSPS) is 20.3. The molecule has 1 heterocycles. The Morgan fingerprint density at radius 3 is 1.95 bits per heavy atom. The predicted molar refractivity (Wildman–Crippen MR) is 73.7 cm³/mol. The summed E-state index contributed by atoms with van der Waals surface area (Å²) >= 11 is 0. The van der Waals surface area contributed by atoms with Gasteiger partial charge in [0.15, 0.2) is 0 Å². The Balaban J connectivity index is 2.53. The molecule has 0 aromatic heterocycles. The van der Waals surface area contributed by atoms with Gasteiger partial charge in [0.25, 0.3) is 0 Å². The van der Waals surface area contributed by atoms with Gasteiger partial charge in [-0.05, 0) is 39.8 Å². The molecule has 0 radical (unpaired) electrons. The summed E-state index contributed by atoms with van der Waals surface area (Å²) in [7, 11) is -0.0253. The molecule has 8 heteroatoms. The van der Waals surface area contributed by atoms with Crippen LogP contribution in [-0.4, -0.2) is 25.4 Å². The van der Waals surface area contributed by atoms with Crippen LogP contribution in [0.3, 0.4) is 0 Å². The molecule has 0 bridgehead atoms. The minimum Gasteiger partial charge on any atom is -0.497 e. The number of ether oxygens (including phenoxy) is 1. The molecule has 1 aromatic rings. The van der Waals surface area contributed by atoms with Crippen molar-refractivity contribution in [2.24, 2.45) is 0 Å². The number of halogens is 4. The topological polar surface area (TPSA) is 27.7 Å². The molecule has 3 nitrogen and oxygen atoms in total. The Bertz CT molecular complexity index is 568. The minimum atomic E-state index is -4.84. The largest absolute Gasteiger partial charge is 0.498 e. The van der Waals surface area contributed by atoms with E-state index in [-0.39, 0.29) is 11.2 Å². The van der Waals surface area contributed by atoms with E-state index in [9.17, 15) is 17.6 Å². The number of hydrogen-bond acceptors (Lipinski definition) is 3. The third-order valence-electron chi connectivity index (χ3n) is 4.12. The van der Waals surface area contributed by atoms with Crippen LogP contribution in [-0.2, 0) is 15.5 Å². The van der Waals surface area contributed by atoms with Crippen molar-refractivity contribution < 1.29 is 31.6 Å². The van der Waals surface area contributed by atoms with Crippen molar-refractivity contribution in [3.05, 3.63) is 23.5 Å². The molecule has 122 valence electrons. The molecule has 0 atom stereocenters. The highest BCUT2D eigenvalue weighted by Gasteiger charge is 2.53. The summed E-state index contributed by atoms with van der Waals surface area (Å²) in [5.41, 5.74) is -3.31. The highest BCUT2D eigenvalue weighted by molar-refractivity contribution is 6.62. The third kappa shape index (κ3) is 2.81. The summed E-state index contributed by atoms with van der Waals surface area (Å²) in [5.74, 6) is -1.52. The zero-order valence-electron chi connectivity index (χ0n) is 13.0. The SMILES string of the molecule is COc1cc(B2OC(C)(C)C(C)(C)O2)c(F)c(C(F)(F)F)c1. The van der Waals surface area contributed by atoms with E-state index in [1.54, 1.807) is 27.7 Å². The third-order valence-corrected chi connectivity index (χ3v) is 4.12. The van der Waals surface area contributed by atoms with Crippen LogP contribution >= 0.6 is 0 Å². The Kier molecular flexibility index (Phi) is 3.98. The van der Waals surface area contributed by atoms with E-state index in [2.05, 4.69) is 0 Å². The van der Waals surface area contributed by atoms with Gasteiger partial charge in [0.05, 0.1) is 23.9 Å². The number of benzene rings is 1. The van der Waals surface area contributed by atoms with Gasteiger partial charge in [-0.15, -0.1) is 0 Å². The predicted octanol–water partition coefficient (Wildman–Crippen LogP) is 3.15. The molecule has 1 aliphatic rings. The summed E-state index contributed by atoms with van der Waals surface area (Å²) < 4.78 is 69.2. The quantitative estimate of drug-likeness (QED) is 0.619. The van der Waals surface area contributed by atoms with Crippen molar-refractivity contribution in [2.75, 3.05) is 7.11 Å². The van der Waals surface area contributed by atoms with Gasteiger partial charge in [-0.1, -0.05) is 0 Å². The van der Waals surface area contributed by atoms with Crippen LogP contribution in [0.4, 0.5) is 17.6 Å². The number of methoxy groups -OCH3 is 1. The van der Waals surface area contributed by atoms with Crippen LogP contribution in [0.15, 0.2) is 12.1 Å². The second kappa shape index (κ2) is 5.13. The molecule has 0 amide bonds. The second-order valence-corrected chi connectivity index (χ2v) is 6.16. The average molecular weight is 320 g/mol. The van der Waals surface area contributed by atoms with Crippen molar-refractivity contribution in [3.8, 4) is 5.75 Å². The first-order valence-corrected chi connectivity index (χ1v) is 6.69. The van der Waals surface area contributed by atoms with Crippen molar-refractivity contribution in [3.63, 3.8) is 0 Å². The molecular weight excluding hydrogens is 303 g/mol. The molecule has 0 aliphatic carbocycles. The number of rotatable bonds is 2. The number of hydrogen-bond donors (Lipinski definition) is 0. The van der Waals surface area contributed by atoms with E-state index in [1.165, 1.54) is 7.11 Å². The molecule has 1 saturated heterocycles. The summed E-state index contributed by atoms with van der Waals surface area (Å²) in [4.78, 5) is 0. The zero-order valence-corrected chi connectivity index (χ0v) is 13.0. The Hall–Kier alpha value is -1.28. The summed E-state index contributed by atoms with van der Waals surface area (Å²) in [6.45, 7) is 6.93. The molecule has 1 fully saturated rings. The fourth-order valence-electron chi connectivity index (χ4n) is 2.09. The van der Waals surface area contributed by atoms with E-state index >= 15 is 0 Å². The van der Waals surface area contributed by atoms with Crippen LogP contribution in [0.5, 0.6) is 5.75 Å². The van der Waals surface area contributed by atoms with Crippen LogP contribution < -0.4 is 10.2 Å².